The number of hydrogen-bond donors (Lipinski definition) is 1. The average molecular weight is 393 g/mol. The van der Waals surface area contributed by atoms with Gasteiger partial charge in [-0.1, -0.05) is 6.07 Å². The van der Waals surface area contributed by atoms with Crippen molar-refractivity contribution in [2.75, 3.05) is 41.9 Å². The molecule has 0 aromatic heterocycles. The Hall–Kier alpha value is -1.18. The van der Waals surface area contributed by atoms with Gasteiger partial charge in [0.25, 0.3) is 0 Å². The van der Waals surface area contributed by atoms with Crippen LogP contribution >= 0.6 is 24.0 Å². The van der Waals surface area contributed by atoms with Gasteiger partial charge in [0.15, 0.2) is 17.5 Å². The minimum atomic E-state index is 0. The van der Waals surface area contributed by atoms with Crippen molar-refractivity contribution >= 4 is 29.9 Å². The van der Waals surface area contributed by atoms with Gasteiger partial charge < -0.3 is 19.7 Å². The van der Waals surface area contributed by atoms with Crippen molar-refractivity contribution in [1.82, 2.24) is 10.2 Å². The van der Waals surface area contributed by atoms with Crippen LogP contribution in [0.4, 0.5) is 0 Å². The third kappa shape index (κ3) is 5.44. The van der Waals surface area contributed by atoms with Gasteiger partial charge in [0.2, 0.25) is 0 Å². The van der Waals surface area contributed by atoms with Crippen molar-refractivity contribution in [3.8, 4) is 11.5 Å². The number of aliphatic imine (C=N–C) groups is 1. The smallest absolute Gasteiger partial charge is 0.193 e. The van der Waals surface area contributed by atoms with E-state index in [4.69, 9.17) is 9.47 Å². The monoisotopic (exact) mass is 393 g/mol. The van der Waals surface area contributed by atoms with Gasteiger partial charge in [0, 0.05) is 27.7 Å². The SMILES string of the molecule is CN=C(NCCc1ccc(OC)c(OC)c1)N(C)C.I. The van der Waals surface area contributed by atoms with Crippen LogP contribution in [-0.4, -0.2) is 52.8 Å². The van der Waals surface area contributed by atoms with Gasteiger partial charge in [-0.15, -0.1) is 24.0 Å². The van der Waals surface area contributed by atoms with Crippen LogP contribution in [-0.2, 0) is 6.42 Å². The lowest BCUT2D eigenvalue weighted by molar-refractivity contribution is 0.354. The molecule has 0 fully saturated rings. The van der Waals surface area contributed by atoms with Crippen LogP contribution in [0.1, 0.15) is 5.56 Å². The summed E-state index contributed by atoms with van der Waals surface area (Å²) in [5.74, 6) is 2.39. The number of ether oxygens (including phenoxy) is 2. The first-order valence-corrected chi connectivity index (χ1v) is 6.21. The fourth-order valence-electron chi connectivity index (χ4n) is 1.79. The molecule has 20 heavy (non-hydrogen) atoms. The van der Waals surface area contributed by atoms with Crippen LogP contribution in [0.25, 0.3) is 0 Å². The summed E-state index contributed by atoms with van der Waals surface area (Å²) < 4.78 is 10.5. The molecular weight excluding hydrogens is 369 g/mol. The molecule has 0 amide bonds. The van der Waals surface area contributed by atoms with Crippen LogP contribution < -0.4 is 14.8 Å². The second-order valence-electron chi connectivity index (χ2n) is 4.31. The maximum Gasteiger partial charge on any atom is 0.193 e. The van der Waals surface area contributed by atoms with E-state index in [1.165, 1.54) is 5.56 Å². The van der Waals surface area contributed by atoms with Gasteiger partial charge in [0.05, 0.1) is 14.2 Å². The second-order valence-corrected chi connectivity index (χ2v) is 4.31. The van der Waals surface area contributed by atoms with Gasteiger partial charge in [-0.3, -0.25) is 4.99 Å². The van der Waals surface area contributed by atoms with Crippen molar-refractivity contribution in [1.29, 1.82) is 0 Å². The van der Waals surface area contributed by atoms with E-state index in [0.717, 1.165) is 30.4 Å². The van der Waals surface area contributed by atoms with E-state index in [-0.39, 0.29) is 24.0 Å². The zero-order chi connectivity index (χ0) is 14.3. The van der Waals surface area contributed by atoms with Crippen molar-refractivity contribution < 1.29 is 9.47 Å². The molecule has 0 saturated carbocycles. The summed E-state index contributed by atoms with van der Waals surface area (Å²) in [4.78, 5) is 6.12. The first kappa shape index (κ1) is 18.8. The number of nitrogens with one attached hydrogen (secondary N) is 1. The van der Waals surface area contributed by atoms with Crippen LogP contribution in [0, 0.1) is 0 Å². The lowest BCUT2D eigenvalue weighted by atomic mass is 10.1. The molecule has 0 saturated heterocycles. The Morgan fingerprint density at radius 3 is 2.35 bits per heavy atom. The summed E-state index contributed by atoms with van der Waals surface area (Å²) in [5, 5.41) is 3.29. The van der Waals surface area contributed by atoms with Crippen molar-refractivity contribution in [2.45, 2.75) is 6.42 Å². The Bertz CT molecular complexity index is 436. The molecule has 1 aromatic rings. The number of nitrogens with zero attached hydrogens (tertiary/aromatic N) is 2. The van der Waals surface area contributed by atoms with Gasteiger partial charge in [-0.2, -0.15) is 0 Å². The molecule has 1 N–H and O–H groups in total. The van der Waals surface area contributed by atoms with E-state index in [9.17, 15) is 0 Å². The Morgan fingerprint density at radius 2 is 1.85 bits per heavy atom. The Balaban J connectivity index is 0.00000361. The fraction of sp³-hybridized carbons (Fsp3) is 0.500. The molecule has 0 radical (unpaired) electrons. The zero-order valence-electron chi connectivity index (χ0n) is 12.8. The highest BCUT2D eigenvalue weighted by Gasteiger charge is 2.05. The normalized spacial score (nSPS) is 10.6. The molecule has 114 valence electrons. The van der Waals surface area contributed by atoms with E-state index >= 15 is 0 Å². The molecule has 0 aliphatic rings. The summed E-state index contributed by atoms with van der Waals surface area (Å²) in [7, 11) is 8.99. The number of rotatable bonds is 5. The summed E-state index contributed by atoms with van der Waals surface area (Å²) in [6.45, 7) is 0.820. The van der Waals surface area contributed by atoms with E-state index in [1.54, 1.807) is 21.3 Å². The highest BCUT2D eigenvalue weighted by atomic mass is 127. The first-order valence-electron chi connectivity index (χ1n) is 6.21. The molecule has 0 aliphatic heterocycles. The lowest BCUT2D eigenvalue weighted by Gasteiger charge is -2.17. The quantitative estimate of drug-likeness (QED) is 0.472. The first-order chi connectivity index (χ1) is 9.12. The highest BCUT2D eigenvalue weighted by Crippen LogP contribution is 2.27. The number of halogens is 1. The second kappa shape index (κ2) is 9.68. The topological polar surface area (TPSA) is 46.1 Å². The Morgan fingerprint density at radius 1 is 1.20 bits per heavy atom. The van der Waals surface area contributed by atoms with Crippen molar-refractivity contribution in [3.63, 3.8) is 0 Å². The summed E-state index contributed by atoms with van der Waals surface area (Å²) in [5.41, 5.74) is 1.19. The standard InChI is InChI=1S/C14H23N3O2.HI/c1-15-14(17(2)3)16-9-8-11-6-7-12(18-4)13(10-11)19-5;/h6-7,10H,8-9H2,1-5H3,(H,15,16);1H. The molecule has 0 bridgehead atoms. The van der Waals surface area contributed by atoms with Crippen LogP contribution in [0.5, 0.6) is 11.5 Å². The number of benzene rings is 1. The largest absolute Gasteiger partial charge is 0.493 e. The van der Waals surface area contributed by atoms with Crippen LogP contribution in [0.2, 0.25) is 0 Å². The molecule has 0 aliphatic carbocycles. The molecule has 0 heterocycles. The minimum Gasteiger partial charge on any atom is -0.493 e. The third-order valence-electron chi connectivity index (χ3n) is 2.78. The summed E-state index contributed by atoms with van der Waals surface area (Å²) in [6, 6.07) is 5.97. The van der Waals surface area contributed by atoms with E-state index < -0.39 is 0 Å². The van der Waals surface area contributed by atoms with Crippen LogP contribution in [0.3, 0.4) is 0 Å². The van der Waals surface area contributed by atoms with E-state index in [2.05, 4.69) is 10.3 Å². The van der Waals surface area contributed by atoms with E-state index in [1.807, 2.05) is 37.2 Å². The molecule has 5 nitrogen and oxygen atoms in total. The predicted molar refractivity (Wildman–Crippen MR) is 93.7 cm³/mol. The van der Waals surface area contributed by atoms with Gasteiger partial charge in [-0.05, 0) is 24.1 Å². The summed E-state index contributed by atoms with van der Waals surface area (Å²) in [6.07, 6.45) is 0.896. The number of hydrogen-bond acceptors (Lipinski definition) is 3. The Kier molecular flexibility index (Phi) is 9.11. The molecular formula is C14H24IN3O2. The van der Waals surface area contributed by atoms with Crippen molar-refractivity contribution in [2.24, 2.45) is 4.99 Å². The molecule has 6 heteroatoms. The predicted octanol–water partition coefficient (Wildman–Crippen LogP) is 2.00. The maximum absolute atomic E-state index is 5.29. The Labute approximate surface area is 138 Å². The number of guanidine groups is 1. The van der Waals surface area contributed by atoms with Crippen molar-refractivity contribution in [3.05, 3.63) is 23.8 Å². The summed E-state index contributed by atoms with van der Waals surface area (Å²) >= 11 is 0. The van der Waals surface area contributed by atoms with E-state index in [0.29, 0.717) is 0 Å². The third-order valence-corrected chi connectivity index (χ3v) is 2.78. The van der Waals surface area contributed by atoms with Gasteiger partial charge in [-0.25, -0.2) is 0 Å². The van der Waals surface area contributed by atoms with Crippen LogP contribution in [0.15, 0.2) is 23.2 Å². The molecule has 0 atom stereocenters. The maximum atomic E-state index is 5.29. The molecule has 1 rings (SSSR count). The molecule has 0 unspecified atom stereocenters. The number of methoxy groups -OCH3 is 2. The molecule has 1 aromatic carbocycles. The lowest BCUT2D eigenvalue weighted by Crippen LogP contribution is -2.37. The average Bonchev–Trinajstić information content (AvgIpc) is 2.42. The van der Waals surface area contributed by atoms with Gasteiger partial charge in [0.1, 0.15) is 0 Å². The zero-order valence-corrected chi connectivity index (χ0v) is 15.1. The van der Waals surface area contributed by atoms with Gasteiger partial charge >= 0.3 is 0 Å². The minimum absolute atomic E-state index is 0. The fourth-order valence-corrected chi connectivity index (χ4v) is 1.79. The highest BCUT2D eigenvalue weighted by molar-refractivity contribution is 14.0. The molecule has 0 spiro atoms.